The third kappa shape index (κ3) is 5.45. The first-order valence-corrected chi connectivity index (χ1v) is 14.1. The van der Waals surface area contributed by atoms with Crippen LogP contribution in [0.15, 0.2) is 21.9 Å². The summed E-state index contributed by atoms with van der Waals surface area (Å²) in [6.07, 6.45) is 0.884. The number of carboxylic acids is 1. The van der Waals surface area contributed by atoms with Crippen LogP contribution in [0.4, 0.5) is 0 Å². The number of aliphatic imine (C=N–C) groups is 1. The number of hydrogen-bond acceptors (Lipinski definition) is 11. The number of tetrazole rings is 1. The lowest BCUT2D eigenvalue weighted by atomic mass is 9.78. The normalized spacial score (nSPS) is 31.6. The lowest BCUT2D eigenvalue weighted by molar-refractivity contribution is -0.158. The lowest BCUT2D eigenvalue weighted by Crippen LogP contribution is -2.66. The molecular formula is C23H33N11O6S. The van der Waals surface area contributed by atoms with Gasteiger partial charge in [0.25, 0.3) is 0 Å². The number of fused-ring (bicyclic) bond motifs is 1. The van der Waals surface area contributed by atoms with Crippen molar-refractivity contribution >= 4 is 41.4 Å². The number of β-amino-alcohol motifs (C(OH)–C–C–N with tert-alkyl or cyclic N) is 1. The van der Waals surface area contributed by atoms with Gasteiger partial charge in [0.05, 0.1) is 30.1 Å². The molecule has 0 saturated carbocycles. The Morgan fingerprint density at radius 3 is 2.73 bits per heavy atom. The molecule has 0 bridgehead atoms. The Labute approximate surface area is 238 Å². The Kier molecular flexibility index (Phi) is 7.89. The van der Waals surface area contributed by atoms with Gasteiger partial charge < -0.3 is 42.1 Å². The monoisotopic (exact) mass is 591 g/mol. The summed E-state index contributed by atoms with van der Waals surface area (Å²) < 4.78 is 1.26. The number of nitrogens with two attached hydrogens (primary N) is 2. The number of hydrogen-bond donors (Lipinski definition) is 6. The van der Waals surface area contributed by atoms with Crippen LogP contribution in [0, 0.1) is 11.8 Å². The average molecular weight is 592 g/mol. The molecule has 0 aromatic carbocycles. The van der Waals surface area contributed by atoms with Crippen LogP contribution in [-0.4, -0.2) is 125 Å². The van der Waals surface area contributed by atoms with Gasteiger partial charge in [0.15, 0.2) is 5.96 Å². The first kappa shape index (κ1) is 28.7. The smallest absolute Gasteiger partial charge is 0.353 e. The number of carbonyl (C=O) groups excluding carboxylic acids is 3. The molecular weight excluding hydrogens is 558 g/mol. The number of rotatable bonds is 9. The predicted molar refractivity (Wildman–Crippen MR) is 143 cm³/mol. The van der Waals surface area contributed by atoms with Gasteiger partial charge in [-0.1, -0.05) is 6.92 Å². The van der Waals surface area contributed by atoms with Crippen LogP contribution in [0.1, 0.15) is 20.3 Å². The minimum atomic E-state index is -1.19. The van der Waals surface area contributed by atoms with Gasteiger partial charge in [-0.2, -0.15) is 0 Å². The number of β-lactam (4-membered cyclic amide) rings is 1. The number of aromatic nitrogens is 4. The van der Waals surface area contributed by atoms with Gasteiger partial charge in [-0.25, -0.2) is 14.5 Å². The van der Waals surface area contributed by atoms with E-state index in [4.69, 9.17) is 11.5 Å². The second-order valence-corrected chi connectivity index (χ2v) is 12.1. The second kappa shape index (κ2) is 11.2. The summed E-state index contributed by atoms with van der Waals surface area (Å²) in [4.78, 5) is 58.5. The van der Waals surface area contributed by atoms with Crippen LogP contribution >= 0.6 is 11.8 Å². The first-order chi connectivity index (χ1) is 19.5. The van der Waals surface area contributed by atoms with E-state index in [0.29, 0.717) is 17.9 Å². The molecule has 0 unspecified atom stereocenters. The maximum absolute atomic E-state index is 13.2. The zero-order chi connectivity index (χ0) is 29.6. The zero-order valence-corrected chi connectivity index (χ0v) is 23.3. The van der Waals surface area contributed by atoms with Crippen molar-refractivity contribution in [2.45, 2.75) is 62.3 Å². The van der Waals surface area contributed by atoms with E-state index in [2.05, 4.69) is 31.2 Å². The van der Waals surface area contributed by atoms with Crippen molar-refractivity contribution in [3.05, 3.63) is 16.9 Å². The van der Waals surface area contributed by atoms with Crippen LogP contribution < -0.4 is 22.1 Å². The molecule has 18 heteroatoms. The fourth-order valence-electron chi connectivity index (χ4n) is 6.13. The number of guanidine groups is 1. The Morgan fingerprint density at radius 2 is 2.07 bits per heavy atom. The van der Waals surface area contributed by atoms with Gasteiger partial charge in [0, 0.05) is 41.7 Å². The molecule has 5 rings (SSSR count). The molecule has 0 aliphatic carbocycles. The van der Waals surface area contributed by atoms with Crippen molar-refractivity contribution in [3.63, 3.8) is 0 Å². The lowest BCUT2D eigenvalue weighted by Gasteiger charge is -2.47. The minimum Gasteiger partial charge on any atom is -0.477 e. The highest BCUT2D eigenvalue weighted by Crippen LogP contribution is 2.51. The van der Waals surface area contributed by atoms with Crippen molar-refractivity contribution in [1.29, 1.82) is 0 Å². The van der Waals surface area contributed by atoms with Gasteiger partial charge in [-0.05, 0) is 23.8 Å². The number of aliphatic hydroxyl groups excluding tert-OH is 1. The molecule has 41 heavy (non-hydrogen) atoms. The molecule has 1 aromatic heterocycles. The van der Waals surface area contributed by atoms with Crippen molar-refractivity contribution < 1.29 is 29.4 Å². The number of nitrogens with one attached hydrogen (secondary N) is 2. The van der Waals surface area contributed by atoms with Crippen LogP contribution in [-0.2, 0) is 25.7 Å². The standard InChI is InChI=1S/C23H33N11O6S/c1-9-17-16(10(2)28-15(36)7-33-8-27-30-31-33)21(38)34(17)18(22(39)40)19(9)41-11-3-12(26-4-11)20(37)32-5-13(14(35)6-32)29-23(24)25/h8-14,16-17,26,35H,3-7H2,1-2H3,(H,28,36)(H,39,40)(H4,24,25,29)/t9-,10-,11+,12+,13-,14+,16-,17-/m1/s1. The summed E-state index contributed by atoms with van der Waals surface area (Å²) in [5.74, 6) is -3.13. The largest absolute Gasteiger partial charge is 0.477 e. The van der Waals surface area contributed by atoms with Crippen LogP contribution in [0.25, 0.3) is 0 Å². The summed E-state index contributed by atoms with van der Waals surface area (Å²) in [5.41, 5.74) is 10.8. The number of aliphatic carboxylic acids is 1. The quantitative estimate of drug-likeness (QED) is 0.0919. The van der Waals surface area contributed by atoms with Gasteiger partial charge in [0.1, 0.15) is 18.6 Å². The van der Waals surface area contributed by atoms with Gasteiger partial charge in [-0.15, -0.1) is 16.9 Å². The number of thioether (sulfide) groups is 1. The predicted octanol–water partition coefficient (Wildman–Crippen LogP) is -3.74. The molecule has 0 spiro atoms. The van der Waals surface area contributed by atoms with Gasteiger partial charge in [-0.3, -0.25) is 14.4 Å². The fourth-order valence-corrected chi connectivity index (χ4v) is 7.61. The molecule has 222 valence electrons. The fraction of sp³-hybridized carbons (Fsp3) is 0.652. The highest BCUT2D eigenvalue weighted by Gasteiger charge is 2.60. The molecule has 3 fully saturated rings. The number of carbonyl (C=O) groups is 4. The molecule has 3 saturated heterocycles. The van der Waals surface area contributed by atoms with Crippen molar-refractivity contribution in [2.24, 2.45) is 28.3 Å². The summed E-state index contributed by atoms with van der Waals surface area (Å²) in [7, 11) is 0. The Bertz CT molecular complexity index is 1280. The third-order valence-corrected chi connectivity index (χ3v) is 9.50. The molecule has 8 atom stereocenters. The number of aliphatic hydroxyl groups is 1. The number of carboxylic acid groups (broad SMARTS) is 1. The summed E-state index contributed by atoms with van der Waals surface area (Å²) >= 11 is 1.37. The van der Waals surface area contributed by atoms with E-state index in [1.165, 1.54) is 32.6 Å². The third-order valence-electron chi connectivity index (χ3n) is 7.98. The van der Waals surface area contributed by atoms with E-state index >= 15 is 0 Å². The maximum atomic E-state index is 13.2. The molecule has 0 radical (unpaired) electrons. The Hall–Kier alpha value is -3.77. The zero-order valence-electron chi connectivity index (χ0n) is 22.5. The van der Waals surface area contributed by atoms with E-state index in [1.54, 1.807) is 6.92 Å². The molecule has 4 aliphatic heterocycles. The van der Waals surface area contributed by atoms with Crippen LogP contribution in [0.3, 0.4) is 0 Å². The molecule has 5 heterocycles. The number of likely N-dealkylation sites (tertiary alicyclic amines) is 1. The van der Waals surface area contributed by atoms with E-state index in [1.807, 2.05) is 6.92 Å². The molecule has 4 aliphatic rings. The first-order valence-electron chi connectivity index (χ1n) is 13.2. The van der Waals surface area contributed by atoms with Crippen LogP contribution in [0.5, 0.6) is 0 Å². The van der Waals surface area contributed by atoms with E-state index in [9.17, 15) is 29.4 Å². The molecule has 8 N–H and O–H groups in total. The molecule has 1 aromatic rings. The number of nitrogens with zero attached hydrogens (tertiary/aromatic N) is 7. The molecule has 3 amide bonds. The van der Waals surface area contributed by atoms with E-state index in [0.717, 1.165) is 0 Å². The Morgan fingerprint density at radius 1 is 1.32 bits per heavy atom. The summed E-state index contributed by atoms with van der Waals surface area (Å²) in [6.45, 7) is 4.27. The number of amides is 3. The van der Waals surface area contributed by atoms with Gasteiger partial charge >= 0.3 is 5.97 Å². The average Bonchev–Trinajstić information content (AvgIpc) is 3.68. The minimum absolute atomic E-state index is 0.0431. The topological polar surface area (TPSA) is 247 Å². The second-order valence-electron chi connectivity index (χ2n) is 10.8. The van der Waals surface area contributed by atoms with E-state index in [-0.39, 0.29) is 60.2 Å². The summed E-state index contributed by atoms with van der Waals surface area (Å²) in [5, 5.41) is 36.8. The van der Waals surface area contributed by atoms with Crippen molar-refractivity contribution in [2.75, 3.05) is 19.6 Å². The van der Waals surface area contributed by atoms with E-state index < -0.39 is 42.2 Å². The maximum Gasteiger partial charge on any atom is 0.353 e. The van der Waals surface area contributed by atoms with Crippen molar-refractivity contribution in [1.82, 2.24) is 40.6 Å². The van der Waals surface area contributed by atoms with Crippen molar-refractivity contribution in [3.8, 4) is 0 Å². The highest BCUT2D eigenvalue weighted by molar-refractivity contribution is 8.03. The SMILES string of the molecule is C[C@@H](NC(=O)Cn1cnnn1)[C@H]1C(=O)N2C(C(=O)O)=C(S[C@@H]3CN[C@H](C(=O)N4C[C@H](O)[C@H](N=C(N)N)C4)C3)[C@H](C)[C@H]12. The molecule has 17 nitrogen and oxygen atoms in total. The van der Waals surface area contributed by atoms with Crippen LogP contribution in [0.2, 0.25) is 0 Å². The van der Waals surface area contributed by atoms with Gasteiger partial charge in [0.2, 0.25) is 17.7 Å². The Balaban J connectivity index is 1.21. The highest BCUT2D eigenvalue weighted by atomic mass is 32.2. The summed E-state index contributed by atoms with van der Waals surface area (Å²) in [6, 6.07) is -2.04.